The van der Waals surface area contributed by atoms with Crippen LogP contribution in [0.1, 0.15) is 47.6 Å². The van der Waals surface area contributed by atoms with Crippen LogP contribution in [0.5, 0.6) is 0 Å². The Kier molecular flexibility index (Phi) is 8.88. The van der Waals surface area contributed by atoms with Crippen LogP contribution in [0.4, 0.5) is 17.1 Å². The van der Waals surface area contributed by atoms with Crippen molar-refractivity contribution in [1.82, 2.24) is 4.90 Å². The molecule has 3 amide bonds. The van der Waals surface area contributed by atoms with E-state index in [1.165, 1.54) is 0 Å². The van der Waals surface area contributed by atoms with Gasteiger partial charge in [0.15, 0.2) is 5.60 Å². The summed E-state index contributed by atoms with van der Waals surface area (Å²) in [6.45, 7) is 2.21. The number of aryl methyl sites for hydroxylation is 1. The molecule has 0 radical (unpaired) electrons. The zero-order valence-electron chi connectivity index (χ0n) is 27.3. The predicted molar refractivity (Wildman–Crippen MR) is 189 cm³/mol. The quantitative estimate of drug-likeness (QED) is 0.216. The van der Waals surface area contributed by atoms with Crippen LogP contribution in [0.3, 0.4) is 0 Å². The first-order valence-corrected chi connectivity index (χ1v) is 17.0. The zero-order valence-corrected chi connectivity index (χ0v) is 28.0. The molecule has 7 rings (SSSR count). The van der Waals surface area contributed by atoms with Crippen molar-refractivity contribution >= 4 is 46.4 Å². The van der Waals surface area contributed by atoms with Crippen LogP contribution >= 0.6 is 11.6 Å². The van der Waals surface area contributed by atoms with Gasteiger partial charge < -0.3 is 20.0 Å². The largest absolute Gasteiger partial charge is 0.394 e. The fraction of sp³-hybridized carbons (Fsp3) is 0.275. The summed E-state index contributed by atoms with van der Waals surface area (Å²) in [4.78, 5) is 45.6. The number of carbonyl (C=O) groups excluding carboxylic acids is 3. The molecule has 3 aliphatic heterocycles. The molecule has 250 valence electrons. The summed E-state index contributed by atoms with van der Waals surface area (Å²) >= 11 is 6.40. The van der Waals surface area contributed by atoms with Crippen LogP contribution in [-0.2, 0) is 45.9 Å². The van der Waals surface area contributed by atoms with Crippen molar-refractivity contribution in [3.05, 3.63) is 136 Å². The fourth-order valence-electron chi connectivity index (χ4n) is 7.44. The average Bonchev–Trinajstić information content (AvgIpc) is 3.32. The highest BCUT2D eigenvalue weighted by Crippen LogP contribution is 2.47. The maximum Gasteiger partial charge on any atom is 0.264 e. The number of fused-ring (bicyclic) bond motifs is 3. The minimum absolute atomic E-state index is 0.0125. The second-order valence-electron chi connectivity index (χ2n) is 13.1. The first-order valence-electron chi connectivity index (χ1n) is 16.7. The summed E-state index contributed by atoms with van der Waals surface area (Å²) in [6.07, 6.45) is 5.16. The number of rotatable bonds is 8. The number of hydrogen-bond donors (Lipinski definition) is 2. The van der Waals surface area contributed by atoms with E-state index in [0.29, 0.717) is 42.1 Å². The minimum Gasteiger partial charge on any atom is -0.394 e. The molecule has 3 aliphatic rings. The zero-order chi connectivity index (χ0) is 34.3. The molecule has 3 heterocycles. The molecule has 0 unspecified atom stereocenters. The Balaban J connectivity index is 1.11. The first-order chi connectivity index (χ1) is 23.7. The lowest BCUT2D eigenvalue weighted by Crippen LogP contribution is -2.46. The van der Waals surface area contributed by atoms with Gasteiger partial charge in [-0.15, -0.1) is 0 Å². The van der Waals surface area contributed by atoms with E-state index in [2.05, 4.69) is 0 Å². The number of para-hydroxylation sites is 1. The molecule has 2 N–H and O–H groups in total. The van der Waals surface area contributed by atoms with Crippen molar-refractivity contribution < 1.29 is 24.6 Å². The van der Waals surface area contributed by atoms with Crippen LogP contribution in [0.25, 0.3) is 0 Å². The molecule has 49 heavy (non-hydrogen) atoms. The summed E-state index contributed by atoms with van der Waals surface area (Å²) in [5.74, 6) is -1.31. The van der Waals surface area contributed by atoms with Gasteiger partial charge in [-0.25, -0.2) is 0 Å². The van der Waals surface area contributed by atoms with Gasteiger partial charge in [0.1, 0.15) is 0 Å². The van der Waals surface area contributed by atoms with Crippen LogP contribution in [0.15, 0.2) is 103 Å². The van der Waals surface area contributed by atoms with E-state index in [0.717, 1.165) is 33.6 Å². The monoisotopic (exact) mass is 675 g/mol. The SMILES string of the molecule is C[C@H](/C=C/CC(=O)N1Cc2ccccc2C[C@H]1CO)[C@@]1(O)C(=O)N(Cc2cccc(N3C(=O)CCc4ccccc43)c2)c2ccc(Cl)cc21. The van der Waals surface area contributed by atoms with Gasteiger partial charge in [-0.3, -0.25) is 19.3 Å². The highest BCUT2D eigenvalue weighted by Gasteiger charge is 2.52. The number of halogens is 1. The number of anilines is 3. The van der Waals surface area contributed by atoms with Crippen molar-refractivity contribution in [2.45, 2.75) is 57.3 Å². The van der Waals surface area contributed by atoms with Crippen LogP contribution in [-0.4, -0.2) is 45.5 Å². The molecular weight excluding hydrogens is 638 g/mol. The predicted octanol–water partition coefficient (Wildman–Crippen LogP) is 6.21. The third kappa shape index (κ3) is 5.94. The van der Waals surface area contributed by atoms with E-state index in [1.807, 2.05) is 72.8 Å². The summed E-state index contributed by atoms with van der Waals surface area (Å²) in [6, 6.07) is 28.1. The van der Waals surface area contributed by atoms with E-state index in [9.17, 15) is 24.6 Å². The minimum atomic E-state index is -1.92. The second kappa shape index (κ2) is 13.3. The Morgan fingerprint density at radius 2 is 1.69 bits per heavy atom. The van der Waals surface area contributed by atoms with E-state index in [-0.39, 0.29) is 37.4 Å². The summed E-state index contributed by atoms with van der Waals surface area (Å²) in [5.41, 5.74) is 4.71. The Hall–Kier alpha value is -4.76. The molecule has 0 aliphatic carbocycles. The Morgan fingerprint density at radius 1 is 0.939 bits per heavy atom. The summed E-state index contributed by atoms with van der Waals surface area (Å²) < 4.78 is 0. The standard InChI is InChI=1S/C40H38ClN3O5/c1-26(8-6-15-37(46)42-24-30-12-3-2-11-29(30)21-33(42)25-45)40(49)34-22-31(41)17-18-36(34)43(39(40)48)23-27-9-7-13-32(20-27)44-35-14-5-4-10-28(35)16-19-38(44)47/h2-14,17-18,20,22,26,33,45,49H,15-16,19,21,23-25H2,1H3/b8-6+/t26-,33+,40+/m1/s1. The lowest BCUT2D eigenvalue weighted by Gasteiger charge is -2.36. The van der Waals surface area contributed by atoms with Gasteiger partial charge in [0.25, 0.3) is 5.91 Å². The van der Waals surface area contributed by atoms with Crippen molar-refractivity contribution in [2.24, 2.45) is 5.92 Å². The second-order valence-corrected chi connectivity index (χ2v) is 13.5. The highest BCUT2D eigenvalue weighted by molar-refractivity contribution is 6.31. The number of benzene rings is 4. The molecule has 0 aromatic heterocycles. The van der Waals surface area contributed by atoms with Gasteiger partial charge >= 0.3 is 0 Å². The molecule has 0 spiro atoms. The highest BCUT2D eigenvalue weighted by atomic mass is 35.5. The number of aliphatic hydroxyl groups is 2. The first kappa shape index (κ1) is 32.8. The van der Waals surface area contributed by atoms with Gasteiger partial charge in [-0.2, -0.15) is 0 Å². The molecule has 0 saturated heterocycles. The number of aliphatic hydroxyl groups excluding tert-OH is 1. The fourth-order valence-corrected chi connectivity index (χ4v) is 7.61. The normalized spacial score (nSPS) is 20.7. The molecular formula is C40H38ClN3O5. The van der Waals surface area contributed by atoms with Gasteiger partial charge in [0.05, 0.1) is 30.6 Å². The van der Waals surface area contributed by atoms with Gasteiger partial charge in [-0.1, -0.05) is 85.3 Å². The van der Waals surface area contributed by atoms with Crippen LogP contribution < -0.4 is 9.80 Å². The van der Waals surface area contributed by atoms with Gasteiger partial charge in [0, 0.05) is 41.6 Å². The molecule has 9 heteroatoms. The third-order valence-electron chi connectivity index (χ3n) is 10.1. The van der Waals surface area contributed by atoms with Crippen molar-refractivity contribution in [3.8, 4) is 0 Å². The lowest BCUT2D eigenvalue weighted by atomic mass is 9.83. The Labute approximate surface area is 290 Å². The van der Waals surface area contributed by atoms with Gasteiger partial charge in [-0.05, 0) is 71.5 Å². The number of amides is 3. The maximum atomic E-state index is 14.2. The molecule has 0 bridgehead atoms. The Morgan fingerprint density at radius 3 is 2.49 bits per heavy atom. The molecule has 8 nitrogen and oxygen atoms in total. The topological polar surface area (TPSA) is 101 Å². The number of nitrogens with zero attached hydrogens (tertiary/aromatic N) is 3. The van der Waals surface area contributed by atoms with E-state index in [1.54, 1.807) is 52.0 Å². The molecule has 0 saturated carbocycles. The number of hydrogen-bond acceptors (Lipinski definition) is 5. The summed E-state index contributed by atoms with van der Waals surface area (Å²) in [7, 11) is 0. The summed E-state index contributed by atoms with van der Waals surface area (Å²) in [5, 5.41) is 22.6. The van der Waals surface area contributed by atoms with Crippen molar-refractivity contribution in [1.29, 1.82) is 0 Å². The maximum absolute atomic E-state index is 14.2. The average molecular weight is 676 g/mol. The third-order valence-corrected chi connectivity index (χ3v) is 10.3. The molecule has 0 fully saturated rings. The van der Waals surface area contributed by atoms with Crippen LogP contribution in [0, 0.1) is 5.92 Å². The van der Waals surface area contributed by atoms with Crippen molar-refractivity contribution in [3.63, 3.8) is 0 Å². The lowest BCUT2D eigenvalue weighted by molar-refractivity contribution is -0.139. The van der Waals surface area contributed by atoms with Crippen LogP contribution in [0.2, 0.25) is 5.02 Å². The van der Waals surface area contributed by atoms with E-state index < -0.39 is 17.4 Å². The smallest absolute Gasteiger partial charge is 0.264 e. The van der Waals surface area contributed by atoms with Crippen molar-refractivity contribution in [2.75, 3.05) is 16.4 Å². The molecule has 4 aromatic carbocycles. The Bertz CT molecular complexity index is 1980. The van der Waals surface area contributed by atoms with E-state index >= 15 is 0 Å². The molecule has 4 aromatic rings. The van der Waals surface area contributed by atoms with Gasteiger partial charge in [0.2, 0.25) is 11.8 Å². The molecule has 3 atom stereocenters. The van der Waals surface area contributed by atoms with E-state index in [4.69, 9.17) is 11.6 Å². The number of carbonyl (C=O) groups is 3.